The summed E-state index contributed by atoms with van der Waals surface area (Å²) in [4.78, 5) is 4.19. The van der Waals surface area contributed by atoms with E-state index < -0.39 is 0 Å². The number of benzene rings is 2. The first-order valence-electron chi connectivity index (χ1n) is 6.13. The Balaban J connectivity index is 1.98. The highest BCUT2D eigenvalue weighted by Gasteiger charge is 2.09. The molecule has 2 aromatic carbocycles. The summed E-state index contributed by atoms with van der Waals surface area (Å²) in [6, 6.07) is 18.7. The number of hydrogen-bond acceptors (Lipinski definition) is 3. The Morgan fingerprint density at radius 3 is 2.00 bits per heavy atom. The number of oxazole rings is 1. The number of aromatic nitrogens is 1. The van der Waals surface area contributed by atoms with Gasteiger partial charge in [0, 0.05) is 5.56 Å². The van der Waals surface area contributed by atoms with Crippen molar-refractivity contribution in [3.05, 3.63) is 60.4 Å². The number of nitrogens with zero attached hydrogens (tertiary/aromatic N) is 1. The predicted molar refractivity (Wildman–Crippen MR) is 76.5 cm³/mol. The lowest BCUT2D eigenvalue weighted by Gasteiger charge is -2.03. The number of rotatable bonds is 2. The Hall–Kier alpha value is -2.55. The zero-order valence-corrected chi connectivity index (χ0v) is 10.6. The molecular formula is C16H14N2O. The minimum atomic E-state index is 0.208. The second kappa shape index (κ2) is 4.61. The van der Waals surface area contributed by atoms with E-state index in [1.807, 2.05) is 37.3 Å². The van der Waals surface area contributed by atoms with Gasteiger partial charge in [-0.2, -0.15) is 4.98 Å². The molecule has 2 N–H and O–H groups in total. The van der Waals surface area contributed by atoms with Gasteiger partial charge in [-0.25, -0.2) is 0 Å². The molecule has 19 heavy (non-hydrogen) atoms. The van der Waals surface area contributed by atoms with Gasteiger partial charge in [0.05, 0.1) is 0 Å². The first-order valence-corrected chi connectivity index (χ1v) is 6.13. The second-order valence-electron chi connectivity index (χ2n) is 4.40. The van der Waals surface area contributed by atoms with Crippen molar-refractivity contribution >= 4 is 6.01 Å². The van der Waals surface area contributed by atoms with Gasteiger partial charge in [-0.05, 0) is 18.1 Å². The maximum Gasteiger partial charge on any atom is 0.292 e. The van der Waals surface area contributed by atoms with Crippen LogP contribution in [0.1, 0.15) is 5.76 Å². The molecule has 3 rings (SSSR count). The van der Waals surface area contributed by atoms with E-state index in [2.05, 4.69) is 29.2 Å². The third-order valence-corrected chi connectivity index (χ3v) is 3.08. The number of nitrogen functional groups attached to an aromatic ring is 1. The lowest BCUT2D eigenvalue weighted by molar-refractivity contribution is 0.549. The first-order chi connectivity index (χ1) is 9.24. The third-order valence-electron chi connectivity index (χ3n) is 3.08. The van der Waals surface area contributed by atoms with Crippen LogP contribution in [-0.2, 0) is 0 Å². The SMILES string of the molecule is Cc1oc(N)nc1-c1ccc(-c2ccccc2)cc1. The average molecular weight is 250 g/mol. The van der Waals surface area contributed by atoms with Crippen molar-refractivity contribution in [3.63, 3.8) is 0 Å². The van der Waals surface area contributed by atoms with Crippen LogP contribution in [-0.4, -0.2) is 4.98 Å². The van der Waals surface area contributed by atoms with E-state index in [9.17, 15) is 0 Å². The van der Waals surface area contributed by atoms with Crippen molar-refractivity contribution in [3.8, 4) is 22.4 Å². The smallest absolute Gasteiger partial charge is 0.292 e. The Labute approximate surface area is 111 Å². The highest BCUT2D eigenvalue weighted by atomic mass is 16.4. The third kappa shape index (κ3) is 2.22. The van der Waals surface area contributed by atoms with Gasteiger partial charge < -0.3 is 10.2 Å². The van der Waals surface area contributed by atoms with E-state index in [0.29, 0.717) is 0 Å². The van der Waals surface area contributed by atoms with Crippen LogP contribution >= 0.6 is 0 Å². The van der Waals surface area contributed by atoms with Crippen LogP contribution in [0.5, 0.6) is 0 Å². The number of nitrogens with two attached hydrogens (primary N) is 1. The van der Waals surface area contributed by atoms with E-state index in [4.69, 9.17) is 10.2 Å². The van der Waals surface area contributed by atoms with Crippen LogP contribution in [0.25, 0.3) is 22.4 Å². The standard InChI is InChI=1S/C16H14N2O/c1-11-15(18-16(17)19-11)14-9-7-13(8-10-14)12-5-3-2-4-6-12/h2-10H,1H3,(H2,17,18). The molecule has 3 nitrogen and oxygen atoms in total. The summed E-state index contributed by atoms with van der Waals surface area (Å²) in [6.07, 6.45) is 0. The summed E-state index contributed by atoms with van der Waals surface area (Å²) in [5.41, 5.74) is 9.75. The van der Waals surface area contributed by atoms with E-state index in [-0.39, 0.29) is 6.01 Å². The molecule has 0 aliphatic carbocycles. The normalized spacial score (nSPS) is 10.6. The van der Waals surface area contributed by atoms with Gasteiger partial charge in [0.2, 0.25) is 0 Å². The summed E-state index contributed by atoms with van der Waals surface area (Å²) < 4.78 is 5.25. The second-order valence-corrected chi connectivity index (χ2v) is 4.40. The maximum absolute atomic E-state index is 5.56. The molecule has 3 heteroatoms. The Morgan fingerprint density at radius 1 is 0.842 bits per heavy atom. The fraction of sp³-hybridized carbons (Fsp3) is 0.0625. The van der Waals surface area contributed by atoms with Gasteiger partial charge in [-0.1, -0.05) is 54.6 Å². The summed E-state index contributed by atoms with van der Waals surface area (Å²) in [6.45, 7) is 1.86. The summed E-state index contributed by atoms with van der Waals surface area (Å²) >= 11 is 0. The van der Waals surface area contributed by atoms with E-state index in [1.54, 1.807) is 0 Å². The maximum atomic E-state index is 5.56. The molecule has 0 bridgehead atoms. The molecule has 94 valence electrons. The van der Waals surface area contributed by atoms with Gasteiger partial charge >= 0.3 is 0 Å². The lowest BCUT2D eigenvalue weighted by atomic mass is 10.0. The van der Waals surface area contributed by atoms with Gasteiger partial charge in [-0.3, -0.25) is 0 Å². The van der Waals surface area contributed by atoms with Gasteiger partial charge in [0.25, 0.3) is 6.01 Å². The zero-order chi connectivity index (χ0) is 13.2. The Bertz CT molecular complexity index is 685. The molecule has 0 amide bonds. The molecule has 0 fully saturated rings. The lowest BCUT2D eigenvalue weighted by Crippen LogP contribution is -1.84. The predicted octanol–water partition coefficient (Wildman–Crippen LogP) is 3.90. The molecule has 0 saturated heterocycles. The molecule has 0 radical (unpaired) electrons. The molecule has 3 aromatic rings. The molecule has 0 aliphatic rings. The van der Waals surface area contributed by atoms with Crippen molar-refractivity contribution < 1.29 is 4.42 Å². The highest BCUT2D eigenvalue weighted by Crippen LogP contribution is 2.27. The molecule has 0 saturated carbocycles. The van der Waals surface area contributed by atoms with E-state index in [1.165, 1.54) is 11.1 Å². The fourth-order valence-electron chi connectivity index (χ4n) is 2.14. The van der Waals surface area contributed by atoms with Crippen molar-refractivity contribution in [1.82, 2.24) is 4.98 Å². The van der Waals surface area contributed by atoms with E-state index >= 15 is 0 Å². The van der Waals surface area contributed by atoms with Gasteiger partial charge in [-0.15, -0.1) is 0 Å². The molecule has 0 spiro atoms. The van der Waals surface area contributed by atoms with Crippen LogP contribution in [0.2, 0.25) is 0 Å². The molecule has 0 aliphatic heterocycles. The minimum Gasteiger partial charge on any atom is -0.429 e. The van der Waals surface area contributed by atoms with Crippen LogP contribution < -0.4 is 5.73 Å². The van der Waals surface area contributed by atoms with Gasteiger partial charge in [0.1, 0.15) is 11.5 Å². The van der Waals surface area contributed by atoms with Crippen LogP contribution in [0.3, 0.4) is 0 Å². The van der Waals surface area contributed by atoms with Crippen molar-refractivity contribution in [2.75, 3.05) is 5.73 Å². The summed E-state index contributed by atoms with van der Waals surface area (Å²) in [5, 5.41) is 0. The number of anilines is 1. The highest BCUT2D eigenvalue weighted by molar-refractivity contribution is 5.69. The Morgan fingerprint density at radius 2 is 1.42 bits per heavy atom. The summed E-state index contributed by atoms with van der Waals surface area (Å²) in [7, 11) is 0. The molecule has 1 aromatic heterocycles. The van der Waals surface area contributed by atoms with Gasteiger partial charge in [0.15, 0.2) is 0 Å². The van der Waals surface area contributed by atoms with Crippen LogP contribution in [0.15, 0.2) is 59.0 Å². The Kier molecular flexibility index (Phi) is 2.80. The molecular weight excluding hydrogens is 236 g/mol. The van der Waals surface area contributed by atoms with E-state index in [0.717, 1.165) is 17.0 Å². The number of aryl methyl sites for hydroxylation is 1. The zero-order valence-electron chi connectivity index (χ0n) is 10.6. The van der Waals surface area contributed by atoms with Crippen molar-refractivity contribution in [1.29, 1.82) is 0 Å². The molecule has 0 atom stereocenters. The quantitative estimate of drug-likeness (QED) is 0.750. The van der Waals surface area contributed by atoms with Crippen molar-refractivity contribution in [2.45, 2.75) is 6.92 Å². The topological polar surface area (TPSA) is 52.0 Å². The van der Waals surface area contributed by atoms with Crippen molar-refractivity contribution in [2.24, 2.45) is 0 Å². The minimum absolute atomic E-state index is 0.208. The largest absolute Gasteiger partial charge is 0.429 e. The van der Waals surface area contributed by atoms with Crippen LogP contribution in [0.4, 0.5) is 6.01 Å². The van der Waals surface area contributed by atoms with Crippen LogP contribution in [0, 0.1) is 6.92 Å². The monoisotopic (exact) mass is 250 g/mol. The summed E-state index contributed by atoms with van der Waals surface area (Å²) in [5.74, 6) is 0.741. The molecule has 1 heterocycles. The number of hydrogen-bond donors (Lipinski definition) is 1. The average Bonchev–Trinajstić information content (AvgIpc) is 2.79. The molecule has 0 unspecified atom stereocenters. The fourth-order valence-corrected chi connectivity index (χ4v) is 2.14. The first kappa shape index (κ1) is 11.5.